The Balaban J connectivity index is -0.0000000840. The van der Waals surface area contributed by atoms with E-state index >= 15 is 0 Å². The molecule has 120 valence electrons. The van der Waals surface area contributed by atoms with Crippen LogP contribution in [0, 0.1) is 20.3 Å². The average Bonchev–Trinajstić information content (AvgIpc) is 2.26. The monoisotopic (exact) mass is 479 g/mol. The Bertz CT molecular complexity index is 104. The summed E-state index contributed by atoms with van der Waals surface area (Å²) >= 11 is -0.472. The van der Waals surface area contributed by atoms with Crippen molar-refractivity contribution in [1.29, 1.82) is 0 Å². The van der Waals surface area contributed by atoms with Gasteiger partial charge in [0.25, 0.3) is 0 Å². The van der Waals surface area contributed by atoms with E-state index in [4.69, 9.17) is 30.3 Å². The van der Waals surface area contributed by atoms with Gasteiger partial charge in [-0.3, -0.25) is 0 Å². The molecule has 5 heteroatoms. The molecule has 1 fully saturated rings. The van der Waals surface area contributed by atoms with Crippen molar-refractivity contribution >= 4 is 18.8 Å². The fourth-order valence-electron chi connectivity index (χ4n) is 1.16. The smallest absolute Gasteiger partial charge is 0.0123 e. The second-order valence-electron chi connectivity index (χ2n) is 3.75. The van der Waals surface area contributed by atoms with Crippen molar-refractivity contribution < 1.29 is 16.5 Å². The fraction of sp³-hybridized carbons (Fsp3) is 0.769. The molecule has 0 heterocycles. The molecule has 18 heavy (non-hydrogen) atoms. The van der Waals surface area contributed by atoms with Crippen LogP contribution in [0.15, 0.2) is 0 Å². The molecular weight excluding hydrogens is 450 g/mol. The van der Waals surface area contributed by atoms with Crippen molar-refractivity contribution in [3.05, 3.63) is 26.0 Å². The molecule has 0 amide bonds. The summed E-state index contributed by atoms with van der Waals surface area (Å²) in [4.78, 5) is 0. The van der Waals surface area contributed by atoms with E-state index in [1.54, 1.807) is 0 Å². The standard InChI is InChI=1S/C6H13N2.2C3H7.CH3.2ClH.Pt/c7-5-3-1-2-4-6(5)8;2*1-3-2;;;;/h5-7H,1-4,8H2;2*3H,1-2H3;1H3;2*1H;/q4*-1;;;+2/p-2. The Kier molecular flexibility index (Phi) is 40.8. The number of nitrogens with two attached hydrogens (primary N) is 1. The summed E-state index contributed by atoms with van der Waals surface area (Å²) in [6, 6.07) is 0.201. The molecular formula is C13H30Cl2N2Pt-4. The molecule has 1 aliphatic rings. The number of rotatable bonds is 0. The molecule has 0 spiro atoms. The number of nitrogens with one attached hydrogen (secondary N) is 1. The topological polar surface area (TPSA) is 49.8 Å². The van der Waals surface area contributed by atoms with E-state index in [1.165, 1.54) is 12.8 Å². The average molecular weight is 480 g/mol. The van der Waals surface area contributed by atoms with Gasteiger partial charge in [-0.25, -0.2) is 0 Å². The van der Waals surface area contributed by atoms with Crippen molar-refractivity contribution in [2.45, 2.75) is 65.5 Å². The van der Waals surface area contributed by atoms with Gasteiger partial charge in [0.05, 0.1) is 0 Å². The summed E-state index contributed by atoms with van der Waals surface area (Å²) in [5, 5.41) is 0. The summed E-state index contributed by atoms with van der Waals surface area (Å²) in [6.45, 7) is 8.00. The zero-order valence-electron chi connectivity index (χ0n) is 12.3. The Labute approximate surface area is 132 Å². The number of hydrogen-bond donors (Lipinski definition) is 1. The van der Waals surface area contributed by atoms with Gasteiger partial charge >= 0.3 is 35.3 Å². The van der Waals surface area contributed by atoms with Gasteiger partial charge in [-0.2, -0.15) is 27.7 Å². The molecule has 1 saturated carbocycles. The Hall–Kier alpha value is 1.19. The van der Waals surface area contributed by atoms with Gasteiger partial charge in [0.1, 0.15) is 0 Å². The molecule has 0 aliphatic heterocycles. The zero-order valence-corrected chi connectivity index (χ0v) is 16.1. The molecule has 0 aromatic carbocycles. The van der Waals surface area contributed by atoms with Crippen LogP contribution in [0.4, 0.5) is 0 Å². The van der Waals surface area contributed by atoms with Crippen LogP contribution in [0.5, 0.6) is 0 Å². The maximum atomic E-state index is 7.35. The van der Waals surface area contributed by atoms with E-state index in [1.807, 2.05) is 40.5 Å². The van der Waals surface area contributed by atoms with Crippen LogP contribution in [-0.4, -0.2) is 12.1 Å². The molecule has 0 bridgehead atoms. The van der Waals surface area contributed by atoms with Crippen molar-refractivity contribution in [1.82, 2.24) is 0 Å². The quantitative estimate of drug-likeness (QED) is 0.451. The minimum absolute atomic E-state index is 0. The third-order valence-electron chi connectivity index (χ3n) is 1.82. The van der Waals surface area contributed by atoms with E-state index in [2.05, 4.69) is 0 Å². The summed E-state index contributed by atoms with van der Waals surface area (Å²) in [5.74, 6) is 0. The normalized spacial score (nSPS) is 20.9. The molecule has 0 aromatic heterocycles. The Morgan fingerprint density at radius 3 is 1.50 bits per heavy atom. The van der Waals surface area contributed by atoms with Crippen LogP contribution < -0.4 is 5.73 Å². The van der Waals surface area contributed by atoms with Gasteiger partial charge in [-0.05, 0) is 12.5 Å². The summed E-state index contributed by atoms with van der Waals surface area (Å²) in [5.41, 5.74) is 12.9. The predicted octanol–water partition coefficient (Wildman–Crippen LogP) is 5.60. The van der Waals surface area contributed by atoms with E-state index < -0.39 is 16.5 Å². The van der Waals surface area contributed by atoms with Crippen LogP contribution in [0.2, 0.25) is 0 Å². The molecule has 1 aliphatic carbocycles. The van der Waals surface area contributed by atoms with Gasteiger partial charge in [-0.1, -0.05) is 19.3 Å². The van der Waals surface area contributed by atoms with Gasteiger partial charge in [-0.15, -0.1) is 6.04 Å². The summed E-state index contributed by atoms with van der Waals surface area (Å²) < 4.78 is 0. The van der Waals surface area contributed by atoms with Crippen LogP contribution in [-0.2, 0) is 16.5 Å². The first kappa shape index (κ1) is 27.5. The first-order valence-electron chi connectivity index (χ1n) is 5.82. The van der Waals surface area contributed by atoms with Gasteiger partial charge < -0.3 is 31.7 Å². The first-order chi connectivity index (χ1) is 8.05. The van der Waals surface area contributed by atoms with Crippen LogP contribution in [0.25, 0.3) is 5.73 Å². The third kappa shape index (κ3) is 30.3. The van der Waals surface area contributed by atoms with Crippen LogP contribution in [0.3, 0.4) is 0 Å². The summed E-state index contributed by atoms with van der Waals surface area (Å²) in [6.07, 6.45) is 8.52. The molecule has 0 radical (unpaired) electrons. The predicted molar refractivity (Wildman–Crippen MR) is 84.0 cm³/mol. The molecule has 0 aromatic rings. The second kappa shape index (κ2) is 26.7. The van der Waals surface area contributed by atoms with Crippen molar-refractivity contribution in [2.24, 2.45) is 5.73 Å². The summed E-state index contributed by atoms with van der Waals surface area (Å²) in [7, 11) is 9.75. The van der Waals surface area contributed by atoms with Gasteiger partial charge in [0, 0.05) is 0 Å². The van der Waals surface area contributed by atoms with E-state index in [-0.39, 0.29) is 19.5 Å². The van der Waals surface area contributed by atoms with Crippen LogP contribution >= 0.6 is 18.8 Å². The minimum Gasteiger partial charge on any atom is -0.673 e. The Morgan fingerprint density at radius 1 is 1.06 bits per heavy atom. The van der Waals surface area contributed by atoms with Gasteiger partial charge in [0.15, 0.2) is 0 Å². The molecule has 0 saturated heterocycles. The SMILES string of the molecule is C[CH-]C.C[CH-]C.[CH3-].[Cl][Pt][Cl].[NH-]C1CCCCC1N. The number of hydrogen-bond acceptors (Lipinski definition) is 1. The van der Waals surface area contributed by atoms with Crippen LogP contribution in [0.1, 0.15) is 53.4 Å². The molecule has 2 unspecified atom stereocenters. The van der Waals surface area contributed by atoms with Gasteiger partial charge in [0.2, 0.25) is 0 Å². The Morgan fingerprint density at radius 2 is 1.33 bits per heavy atom. The largest absolute Gasteiger partial charge is 0.673 e. The van der Waals surface area contributed by atoms with E-state index in [9.17, 15) is 0 Å². The zero-order chi connectivity index (χ0) is 14.1. The van der Waals surface area contributed by atoms with Crippen molar-refractivity contribution in [3.63, 3.8) is 0 Å². The third-order valence-corrected chi connectivity index (χ3v) is 1.82. The molecule has 2 atom stereocenters. The fourth-order valence-corrected chi connectivity index (χ4v) is 1.16. The van der Waals surface area contributed by atoms with Crippen molar-refractivity contribution in [3.8, 4) is 0 Å². The maximum Gasteiger partial charge on any atom is -0.0123 e. The molecule has 2 nitrogen and oxygen atoms in total. The maximum absolute atomic E-state index is 7.35. The number of halogens is 2. The van der Waals surface area contributed by atoms with Crippen molar-refractivity contribution in [2.75, 3.05) is 0 Å². The van der Waals surface area contributed by atoms with E-state index in [0.29, 0.717) is 0 Å². The molecule has 1 rings (SSSR count). The molecule has 3 N–H and O–H groups in total. The van der Waals surface area contributed by atoms with E-state index in [0.717, 1.165) is 12.8 Å². The second-order valence-corrected chi connectivity index (χ2v) is 7.04. The first-order valence-corrected chi connectivity index (χ1v) is 11.5. The minimum atomic E-state index is -0.472.